The van der Waals surface area contributed by atoms with Gasteiger partial charge in [-0.2, -0.15) is 0 Å². The first-order valence-electron chi connectivity index (χ1n) is 12.2. The molecule has 0 amide bonds. The van der Waals surface area contributed by atoms with Crippen LogP contribution in [0.1, 0.15) is 90.9 Å². The predicted octanol–water partition coefficient (Wildman–Crippen LogP) is 8.33. The zero-order valence-corrected chi connectivity index (χ0v) is 19.5. The molecule has 2 aromatic rings. The zero-order chi connectivity index (χ0) is 21.4. The van der Waals surface area contributed by atoms with E-state index in [1.165, 1.54) is 64.2 Å². The van der Waals surface area contributed by atoms with Crippen LogP contribution in [0.25, 0.3) is 10.8 Å². The summed E-state index contributed by atoms with van der Waals surface area (Å²) in [7, 11) is 1.71. The molecule has 0 aliphatic heterocycles. The largest absolute Gasteiger partial charge is 0.493 e. The Morgan fingerprint density at radius 2 is 1.17 bits per heavy atom. The molecule has 0 spiro atoms. The topological polar surface area (TPSA) is 27.7 Å². The van der Waals surface area contributed by atoms with Crippen molar-refractivity contribution in [2.24, 2.45) is 0 Å². The van der Waals surface area contributed by atoms with Crippen molar-refractivity contribution in [2.75, 3.05) is 20.3 Å². The molecule has 0 heterocycles. The van der Waals surface area contributed by atoms with E-state index >= 15 is 0 Å². The van der Waals surface area contributed by atoms with Gasteiger partial charge in [0, 0.05) is 10.8 Å². The third-order valence-corrected chi connectivity index (χ3v) is 5.66. The summed E-state index contributed by atoms with van der Waals surface area (Å²) in [6.45, 7) is 6.00. The molecule has 0 aliphatic carbocycles. The quantitative estimate of drug-likeness (QED) is 0.243. The first-order chi connectivity index (χ1) is 14.8. The number of fused-ring (bicyclic) bond motifs is 1. The molecular weight excluding hydrogens is 372 g/mol. The minimum absolute atomic E-state index is 0.727. The van der Waals surface area contributed by atoms with Crippen LogP contribution in [0.15, 0.2) is 30.3 Å². The highest BCUT2D eigenvalue weighted by atomic mass is 16.5. The van der Waals surface area contributed by atoms with Crippen LogP contribution < -0.4 is 14.2 Å². The number of methoxy groups -OCH3 is 1. The van der Waals surface area contributed by atoms with E-state index < -0.39 is 0 Å². The predicted molar refractivity (Wildman–Crippen MR) is 128 cm³/mol. The Bertz CT molecular complexity index is 711. The molecule has 3 nitrogen and oxygen atoms in total. The van der Waals surface area contributed by atoms with Crippen LogP contribution in [0.2, 0.25) is 0 Å². The maximum Gasteiger partial charge on any atom is 0.169 e. The third-order valence-electron chi connectivity index (χ3n) is 5.66. The fourth-order valence-corrected chi connectivity index (χ4v) is 3.84. The number of unbranched alkanes of at least 4 members (excludes halogenated alkanes) is 10. The van der Waals surface area contributed by atoms with E-state index in [0.717, 1.165) is 54.1 Å². The van der Waals surface area contributed by atoms with Gasteiger partial charge < -0.3 is 14.2 Å². The van der Waals surface area contributed by atoms with Gasteiger partial charge in [0.25, 0.3) is 0 Å². The fraction of sp³-hybridized carbons (Fsp3) is 0.630. The molecule has 2 rings (SSSR count). The zero-order valence-electron chi connectivity index (χ0n) is 19.5. The van der Waals surface area contributed by atoms with Gasteiger partial charge in [-0.05, 0) is 31.0 Å². The molecule has 0 bridgehead atoms. The summed E-state index contributed by atoms with van der Waals surface area (Å²) in [4.78, 5) is 0. The number of hydrogen-bond donors (Lipinski definition) is 0. The van der Waals surface area contributed by atoms with Crippen molar-refractivity contribution >= 4 is 10.8 Å². The van der Waals surface area contributed by atoms with Crippen LogP contribution >= 0.6 is 0 Å². The SMILES string of the molecule is CCCCCCCCOc1cccc2c(OCCCCCCCC)c(OC)ccc12. The van der Waals surface area contributed by atoms with E-state index in [0.29, 0.717) is 0 Å². The Morgan fingerprint density at radius 1 is 0.567 bits per heavy atom. The van der Waals surface area contributed by atoms with Crippen molar-refractivity contribution in [2.45, 2.75) is 90.9 Å². The van der Waals surface area contributed by atoms with Crippen LogP contribution in [-0.2, 0) is 0 Å². The monoisotopic (exact) mass is 414 g/mol. The van der Waals surface area contributed by atoms with Crippen LogP contribution in [0.3, 0.4) is 0 Å². The van der Waals surface area contributed by atoms with E-state index in [2.05, 4.69) is 38.1 Å². The number of rotatable bonds is 17. The molecule has 0 unspecified atom stereocenters. The second-order valence-electron chi connectivity index (χ2n) is 8.18. The van der Waals surface area contributed by atoms with Crippen LogP contribution in [-0.4, -0.2) is 20.3 Å². The highest BCUT2D eigenvalue weighted by molar-refractivity contribution is 5.95. The van der Waals surface area contributed by atoms with Gasteiger partial charge in [-0.25, -0.2) is 0 Å². The fourth-order valence-electron chi connectivity index (χ4n) is 3.84. The summed E-state index contributed by atoms with van der Waals surface area (Å²) in [5.74, 6) is 2.57. The highest BCUT2D eigenvalue weighted by Gasteiger charge is 2.13. The normalized spacial score (nSPS) is 11.0. The van der Waals surface area contributed by atoms with Crippen LogP contribution in [0.4, 0.5) is 0 Å². The summed E-state index contributed by atoms with van der Waals surface area (Å²) < 4.78 is 17.9. The lowest BCUT2D eigenvalue weighted by Crippen LogP contribution is -2.01. The second kappa shape index (κ2) is 15.0. The van der Waals surface area contributed by atoms with E-state index in [4.69, 9.17) is 14.2 Å². The third kappa shape index (κ3) is 8.08. The molecule has 0 radical (unpaired) electrons. The van der Waals surface area contributed by atoms with Gasteiger partial charge in [0.1, 0.15) is 5.75 Å². The lowest BCUT2D eigenvalue weighted by Gasteiger charge is -2.16. The summed E-state index contributed by atoms with van der Waals surface area (Å²) in [6.07, 6.45) is 15.2. The summed E-state index contributed by atoms with van der Waals surface area (Å²) >= 11 is 0. The molecule has 0 saturated carbocycles. The minimum atomic E-state index is 0.727. The number of ether oxygens (including phenoxy) is 3. The standard InChI is InChI=1S/C27H42O3/c1-4-6-8-10-12-14-21-29-25-18-16-17-24-23(25)19-20-26(28-3)27(24)30-22-15-13-11-9-7-5-2/h16-20H,4-15,21-22H2,1-3H3. The molecule has 3 heteroatoms. The van der Waals surface area contributed by atoms with Crippen molar-refractivity contribution in [1.29, 1.82) is 0 Å². The van der Waals surface area contributed by atoms with Gasteiger partial charge in [0.05, 0.1) is 20.3 Å². The Kier molecular flexibility index (Phi) is 12.2. The molecule has 0 aromatic heterocycles. The van der Waals surface area contributed by atoms with Gasteiger partial charge >= 0.3 is 0 Å². The summed E-state index contributed by atoms with van der Waals surface area (Å²) in [5, 5.41) is 2.17. The molecule has 0 fully saturated rings. The van der Waals surface area contributed by atoms with Crippen molar-refractivity contribution in [3.63, 3.8) is 0 Å². The molecule has 0 N–H and O–H groups in total. The van der Waals surface area contributed by atoms with Gasteiger partial charge in [-0.1, -0.05) is 90.2 Å². The molecule has 30 heavy (non-hydrogen) atoms. The Balaban J connectivity index is 1.94. The molecule has 0 saturated heterocycles. The van der Waals surface area contributed by atoms with Gasteiger partial charge in [0.15, 0.2) is 11.5 Å². The van der Waals surface area contributed by atoms with Crippen LogP contribution in [0, 0.1) is 0 Å². The van der Waals surface area contributed by atoms with Gasteiger partial charge in [0.2, 0.25) is 0 Å². The first-order valence-corrected chi connectivity index (χ1v) is 12.2. The van der Waals surface area contributed by atoms with Crippen molar-refractivity contribution in [1.82, 2.24) is 0 Å². The lowest BCUT2D eigenvalue weighted by atomic mass is 10.1. The number of hydrogen-bond acceptors (Lipinski definition) is 3. The van der Waals surface area contributed by atoms with Gasteiger partial charge in [-0.15, -0.1) is 0 Å². The van der Waals surface area contributed by atoms with Crippen molar-refractivity contribution < 1.29 is 14.2 Å². The lowest BCUT2D eigenvalue weighted by molar-refractivity contribution is 0.287. The first kappa shape index (κ1) is 24.4. The maximum absolute atomic E-state index is 6.20. The molecule has 168 valence electrons. The average Bonchev–Trinajstić information content (AvgIpc) is 2.77. The Hall–Kier alpha value is -1.90. The minimum Gasteiger partial charge on any atom is -0.493 e. The molecule has 2 aromatic carbocycles. The molecule has 0 atom stereocenters. The van der Waals surface area contributed by atoms with Gasteiger partial charge in [-0.3, -0.25) is 0 Å². The van der Waals surface area contributed by atoms with Crippen LogP contribution in [0.5, 0.6) is 17.2 Å². The van der Waals surface area contributed by atoms with E-state index in [1.54, 1.807) is 7.11 Å². The summed E-state index contributed by atoms with van der Waals surface area (Å²) in [5.41, 5.74) is 0. The van der Waals surface area contributed by atoms with Crippen molar-refractivity contribution in [3.8, 4) is 17.2 Å². The van der Waals surface area contributed by atoms with E-state index in [1.807, 2.05) is 6.07 Å². The average molecular weight is 415 g/mol. The smallest absolute Gasteiger partial charge is 0.169 e. The highest BCUT2D eigenvalue weighted by Crippen LogP contribution is 2.39. The maximum atomic E-state index is 6.20. The molecular formula is C27H42O3. The number of benzene rings is 2. The Morgan fingerprint density at radius 3 is 1.80 bits per heavy atom. The van der Waals surface area contributed by atoms with Crippen molar-refractivity contribution in [3.05, 3.63) is 30.3 Å². The van der Waals surface area contributed by atoms with E-state index in [9.17, 15) is 0 Å². The molecule has 0 aliphatic rings. The Labute approximate surface area is 184 Å². The second-order valence-corrected chi connectivity index (χ2v) is 8.18. The van der Waals surface area contributed by atoms with E-state index in [-0.39, 0.29) is 0 Å². The summed E-state index contributed by atoms with van der Waals surface area (Å²) in [6, 6.07) is 10.3.